The first-order chi connectivity index (χ1) is 4.57. The minimum atomic E-state index is -3.05. The van der Waals surface area contributed by atoms with E-state index >= 15 is 0 Å². The van der Waals surface area contributed by atoms with Crippen LogP contribution in [-0.4, -0.2) is 35.1 Å². The van der Waals surface area contributed by atoms with Crippen molar-refractivity contribution in [2.45, 2.75) is 19.0 Å². The summed E-state index contributed by atoms with van der Waals surface area (Å²) in [5, 5.41) is 16.6. The molecule has 0 fully saturated rings. The third-order valence-corrected chi connectivity index (χ3v) is 0.891. The van der Waals surface area contributed by atoms with Gasteiger partial charge in [-0.2, -0.15) is 0 Å². The van der Waals surface area contributed by atoms with Gasteiger partial charge in [0.05, 0.1) is 12.7 Å². The molecule has 0 bridgehead atoms. The second kappa shape index (κ2) is 4.29. The summed E-state index contributed by atoms with van der Waals surface area (Å²) in [6, 6.07) is 0. The van der Waals surface area contributed by atoms with E-state index in [1.165, 1.54) is 0 Å². The summed E-state index contributed by atoms with van der Waals surface area (Å²) in [6.07, 6.45) is -5.10. The molecule has 0 saturated heterocycles. The highest BCUT2D eigenvalue weighted by atomic mass is 19.3. The molecule has 0 amide bonds. The zero-order valence-electron chi connectivity index (χ0n) is 5.13. The van der Waals surface area contributed by atoms with E-state index in [4.69, 9.17) is 10.2 Å². The molecule has 0 rings (SSSR count). The second-order valence-corrected chi connectivity index (χ2v) is 1.81. The van der Waals surface area contributed by atoms with Crippen LogP contribution >= 0.6 is 0 Å². The van der Waals surface area contributed by atoms with Gasteiger partial charge in [-0.05, 0) is 0 Å². The number of rotatable bonds is 4. The molecule has 0 unspecified atom stereocenters. The van der Waals surface area contributed by atoms with Crippen LogP contribution < -0.4 is 0 Å². The van der Waals surface area contributed by atoms with E-state index in [-0.39, 0.29) is 0 Å². The molecule has 0 radical (unpaired) electrons. The number of hydrogen-bond acceptors (Lipinski definition) is 3. The number of Topliss-reactive ketones (excluding diaryl/α,β-unsaturated/α-hetero) is 1. The van der Waals surface area contributed by atoms with Crippen molar-refractivity contribution >= 4 is 5.78 Å². The quantitative estimate of drug-likeness (QED) is 0.577. The van der Waals surface area contributed by atoms with Crippen LogP contribution in [0.4, 0.5) is 8.78 Å². The Morgan fingerprint density at radius 2 is 2.00 bits per heavy atom. The maximum absolute atomic E-state index is 11.4. The van der Waals surface area contributed by atoms with Gasteiger partial charge in [0, 0.05) is 6.42 Å². The molecule has 0 aromatic carbocycles. The minimum Gasteiger partial charge on any atom is -0.394 e. The Morgan fingerprint density at radius 1 is 1.50 bits per heavy atom. The Hall–Kier alpha value is -0.550. The highest BCUT2D eigenvalue weighted by Crippen LogP contribution is 2.00. The number of halogens is 2. The standard InChI is InChI=1S/C5H8F2O3/c6-5(7)4(10)1-3(9)2-8/h3,5,8-9H,1-2H2/t3-/m0/s1. The fraction of sp³-hybridized carbons (Fsp3) is 0.800. The van der Waals surface area contributed by atoms with E-state index in [9.17, 15) is 13.6 Å². The van der Waals surface area contributed by atoms with E-state index in [0.717, 1.165) is 0 Å². The van der Waals surface area contributed by atoms with Gasteiger partial charge in [-0.25, -0.2) is 8.78 Å². The molecule has 0 saturated carbocycles. The third-order valence-electron chi connectivity index (χ3n) is 0.891. The first-order valence-corrected chi connectivity index (χ1v) is 2.67. The van der Waals surface area contributed by atoms with Crippen LogP contribution in [0.25, 0.3) is 0 Å². The molecule has 0 aromatic rings. The number of carbonyl (C=O) groups is 1. The van der Waals surface area contributed by atoms with Crippen molar-refractivity contribution in [2.75, 3.05) is 6.61 Å². The summed E-state index contributed by atoms with van der Waals surface area (Å²) < 4.78 is 22.8. The molecule has 60 valence electrons. The zero-order valence-corrected chi connectivity index (χ0v) is 5.13. The summed E-state index contributed by atoms with van der Waals surface area (Å²) >= 11 is 0. The van der Waals surface area contributed by atoms with Crippen molar-refractivity contribution in [2.24, 2.45) is 0 Å². The molecule has 1 atom stereocenters. The van der Waals surface area contributed by atoms with Crippen LogP contribution in [-0.2, 0) is 4.79 Å². The van der Waals surface area contributed by atoms with Crippen LogP contribution in [0.1, 0.15) is 6.42 Å². The number of carbonyl (C=O) groups excluding carboxylic acids is 1. The van der Waals surface area contributed by atoms with Gasteiger partial charge in [-0.15, -0.1) is 0 Å². The van der Waals surface area contributed by atoms with Gasteiger partial charge in [0.25, 0.3) is 6.43 Å². The van der Waals surface area contributed by atoms with Crippen molar-refractivity contribution in [3.05, 3.63) is 0 Å². The van der Waals surface area contributed by atoms with Gasteiger partial charge in [0.1, 0.15) is 0 Å². The van der Waals surface area contributed by atoms with E-state index in [2.05, 4.69) is 0 Å². The highest BCUT2D eigenvalue weighted by Gasteiger charge is 2.18. The first kappa shape index (κ1) is 9.45. The molecule has 0 aliphatic rings. The van der Waals surface area contributed by atoms with Gasteiger partial charge >= 0.3 is 0 Å². The third kappa shape index (κ3) is 3.47. The van der Waals surface area contributed by atoms with E-state index in [0.29, 0.717) is 0 Å². The molecule has 0 aromatic heterocycles. The lowest BCUT2D eigenvalue weighted by molar-refractivity contribution is -0.132. The molecule has 0 aliphatic heterocycles. The summed E-state index contributed by atoms with van der Waals surface area (Å²) in [5.41, 5.74) is 0. The molecule has 0 spiro atoms. The average Bonchev–Trinajstić information content (AvgIpc) is 1.87. The minimum absolute atomic E-state index is 0.668. The number of aliphatic hydroxyl groups is 2. The van der Waals surface area contributed by atoms with Crippen LogP contribution in [0.3, 0.4) is 0 Å². The van der Waals surface area contributed by atoms with E-state index in [1.807, 2.05) is 0 Å². The SMILES string of the molecule is O=C(C[C@H](O)CO)C(F)F. The lowest BCUT2D eigenvalue weighted by atomic mass is 10.2. The van der Waals surface area contributed by atoms with Crippen molar-refractivity contribution in [3.8, 4) is 0 Å². The van der Waals surface area contributed by atoms with E-state index < -0.39 is 31.3 Å². The predicted molar refractivity (Wildman–Crippen MR) is 28.7 cm³/mol. The Morgan fingerprint density at radius 3 is 2.30 bits per heavy atom. The number of ketones is 1. The summed E-state index contributed by atoms with van der Waals surface area (Å²) in [4.78, 5) is 10.1. The monoisotopic (exact) mass is 154 g/mol. The van der Waals surface area contributed by atoms with Gasteiger partial charge in [0.15, 0.2) is 0 Å². The molecule has 5 heteroatoms. The number of aliphatic hydroxyl groups excluding tert-OH is 2. The molecule has 2 N–H and O–H groups in total. The summed E-state index contributed by atoms with van der Waals surface area (Å²) in [7, 11) is 0. The van der Waals surface area contributed by atoms with Crippen molar-refractivity contribution < 1.29 is 23.8 Å². The molecule has 3 nitrogen and oxygen atoms in total. The fourth-order valence-corrected chi connectivity index (χ4v) is 0.386. The first-order valence-electron chi connectivity index (χ1n) is 2.67. The maximum atomic E-state index is 11.4. The predicted octanol–water partition coefficient (Wildman–Crippen LogP) is -0.436. The average molecular weight is 154 g/mol. The van der Waals surface area contributed by atoms with E-state index in [1.54, 1.807) is 0 Å². The lowest BCUT2D eigenvalue weighted by Crippen LogP contribution is -2.21. The van der Waals surface area contributed by atoms with Crippen molar-refractivity contribution in [1.29, 1.82) is 0 Å². The maximum Gasteiger partial charge on any atom is 0.296 e. The smallest absolute Gasteiger partial charge is 0.296 e. The molecule has 10 heavy (non-hydrogen) atoms. The van der Waals surface area contributed by atoms with Crippen molar-refractivity contribution in [1.82, 2.24) is 0 Å². The largest absolute Gasteiger partial charge is 0.394 e. The Bertz CT molecular complexity index is 115. The summed E-state index contributed by atoms with van der Waals surface area (Å²) in [5.74, 6) is -1.35. The molecular weight excluding hydrogens is 146 g/mol. The van der Waals surface area contributed by atoms with Gasteiger partial charge in [0.2, 0.25) is 5.78 Å². The summed E-state index contributed by atoms with van der Waals surface area (Å²) in [6.45, 7) is -0.668. The van der Waals surface area contributed by atoms with Crippen LogP contribution in [0.2, 0.25) is 0 Å². The van der Waals surface area contributed by atoms with Gasteiger partial charge < -0.3 is 10.2 Å². The highest BCUT2D eigenvalue weighted by molar-refractivity contribution is 5.81. The zero-order chi connectivity index (χ0) is 8.15. The lowest BCUT2D eigenvalue weighted by Gasteiger charge is -2.03. The number of alkyl halides is 2. The van der Waals surface area contributed by atoms with Crippen molar-refractivity contribution in [3.63, 3.8) is 0 Å². The molecule has 0 heterocycles. The Labute approximate surface area is 56.3 Å². The molecule has 0 aliphatic carbocycles. The van der Waals surface area contributed by atoms with Gasteiger partial charge in [-0.1, -0.05) is 0 Å². The molecular formula is C5H8F2O3. The Kier molecular flexibility index (Phi) is 4.06. The normalized spacial score (nSPS) is 13.7. The Balaban J connectivity index is 3.57. The fourth-order valence-electron chi connectivity index (χ4n) is 0.386. The van der Waals surface area contributed by atoms with Crippen LogP contribution in [0.5, 0.6) is 0 Å². The number of hydrogen-bond donors (Lipinski definition) is 2. The second-order valence-electron chi connectivity index (χ2n) is 1.81. The van der Waals surface area contributed by atoms with Crippen LogP contribution in [0.15, 0.2) is 0 Å². The topological polar surface area (TPSA) is 57.5 Å². The van der Waals surface area contributed by atoms with Crippen LogP contribution in [0, 0.1) is 0 Å². The van der Waals surface area contributed by atoms with Gasteiger partial charge in [-0.3, -0.25) is 4.79 Å².